The molecule has 28 heavy (non-hydrogen) atoms. The van der Waals surface area contributed by atoms with E-state index < -0.39 is 6.10 Å². The molecule has 1 N–H and O–H groups in total. The second kappa shape index (κ2) is 9.60. The molecule has 0 heterocycles. The molecular formula is C24H25NO3. The Kier molecular flexibility index (Phi) is 6.68. The summed E-state index contributed by atoms with van der Waals surface area (Å²) in [5.41, 5.74) is 1.99. The smallest absolute Gasteiger partial charge is 0.261 e. The molecule has 1 amide bonds. The Morgan fingerprint density at radius 2 is 1.39 bits per heavy atom. The molecule has 0 saturated heterocycles. The summed E-state index contributed by atoms with van der Waals surface area (Å²) in [4.78, 5) is 13.0. The monoisotopic (exact) mass is 375 g/mol. The number of carbonyl (C=O) groups excluding carboxylic acids is 1. The van der Waals surface area contributed by atoms with Crippen LogP contribution in [0.3, 0.4) is 0 Å². The Morgan fingerprint density at radius 1 is 0.821 bits per heavy atom. The number of methoxy groups -OCH3 is 1. The number of hydrogen-bond donors (Lipinski definition) is 1. The average Bonchev–Trinajstić information content (AvgIpc) is 2.77. The van der Waals surface area contributed by atoms with Crippen molar-refractivity contribution in [3.63, 3.8) is 0 Å². The zero-order valence-electron chi connectivity index (χ0n) is 16.2. The van der Waals surface area contributed by atoms with Crippen LogP contribution in [0.2, 0.25) is 0 Å². The van der Waals surface area contributed by atoms with E-state index in [1.54, 1.807) is 7.11 Å². The van der Waals surface area contributed by atoms with Crippen molar-refractivity contribution in [3.8, 4) is 11.5 Å². The van der Waals surface area contributed by atoms with Crippen LogP contribution >= 0.6 is 0 Å². The molecule has 0 spiro atoms. The molecule has 0 aliphatic carbocycles. The summed E-state index contributed by atoms with van der Waals surface area (Å²) in [7, 11) is 1.64. The van der Waals surface area contributed by atoms with E-state index in [1.807, 2.05) is 91.9 Å². The third-order valence-corrected chi connectivity index (χ3v) is 4.55. The van der Waals surface area contributed by atoms with Crippen LogP contribution in [0.15, 0.2) is 84.9 Å². The Morgan fingerprint density at radius 3 is 1.96 bits per heavy atom. The van der Waals surface area contributed by atoms with Crippen LogP contribution in [0, 0.1) is 0 Å². The second-order valence-corrected chi connectivity index (χ2v) is 6.45. The fraction of sp³-hybridized carbons (Fsp3) is 0.208. The van der Waals surface area contributed by atoms with Gasteiger partial charge in [0.05, 0.1) is 13.2 Å². The van der Waals surface area contributed by atoms with Gasteiger partial charge in [0.25, 0.3) is 5.91 Å². The minimum Gasteiger partial charge on any atom is -0.497 e. The molecule has 3 aromatic rings. The van der Waals surface area contributed by atoms with E-state index >= 15 is 0 Å². The van der Waals surface area contributed by atoms with Gasteiger partial charge in [0.1, 0.15) is 11.5 Å². The number of para-hydroxylation sites is 1. The zero-order chi connectivity index (χ0) is 19.8. The van der Waals surface area contributed by atoms with Crippen LogP contribution in [-0.2, 0) is 4.79 Å². The molecule has 0 unspecified atom stereocenters. The molecule has 144 valence electrons. The summed E-state index contributed by atoms with van der Waals surface area (Å²) in [6.45, 7) is 1.94. The topological polar surface area (TPSA) is 47.6 Å². The van der Waals surface area contributed by atoms with Gasteiger partial charge in [-0.25, -0.2) is 0 Å². The Hall–Kier alpha value is -3.27. The number of ether oxygens (including phenoxy) is 2. The number of nitrogens with one attached hydrogen (secondary N) is 1. The Labute approximate surface area is 166 Å². The molecule has 4 heteroatoms. The van der Waals surface area contributed by atoms with Crippen LogP contribution < -0.4 is 14.8 Å². The highest BCUT2D eigenvalue weighted by Gasteiger charge is 2.23. The molecule has 0 saturated carbocycles. The van der Waals surface area contributed by atoms with E-state index in [0.29, 0.717) is 12.2 Å². The van der Waals surface area contributed by atoms with E-state index in [2.05, 4.69) is 5.32 Å². The Balaban J connectivity index is 1.82. The first-order chi connectivity index (χ1) is 13.7. The fourth-order valence-corrected chi connectivity index (χ4v) is 3.02. The number of benzene rings is 3. The van der Waals surface area contributed by atoms with Gasteiger partial charge in [0.15, 0.2) is 6.10 Å². The summed E-state index contributed by atoms with van der Waals surface area (Å²) >= 11 is 0. The molecule has 4 nitrogen and oxygen atoms in total. The molecule has 0 aromatic heterocycles. The fourth-order valence-electron chi connectivity index (χ4n) is 3.02. The first-order valence-electron chi connectivity index (χ1n) is 9.42. The molecule has 0 fully saturated rings. The lowest BCUT2D eigenvalue weighted by Gasteiger charge is -2.24. The van der Waals surface area contributed by atoms with Crippen molar-refractivity contribution in [2.75, 3.05) is 7.11 Å². The number of amides is 1. The van der Waals surface area contributed by atoms with Gasteiger partial charge in [-0.2, -0.15) is 0 Å². The third-order valence-electron chi connectivity index (χ3n) is 4.55. The van der Waals surface area contributed by atoms with Crippen LogP contribution in [0.4, 0.5) is 0 Å². The van der Waals surface area contributed by atoms with Crippen LogP contribution in [0.25, 0.3) is 0 Å². The van der Waals surface area contributed by atoms with Gasteiger partial charge in [-0.1, -0.05) is 67.6 Å². The van der Waals surface area contributed by atoms with Gasteiger partial charge in [-0.3, -0.25) is 4.79 Å². The quantitative estimate of drug-likeness (QED) is 0.618. The molecule has 3 aromatic carbocycles. The molecule has 0 aliphatic rings. The maximum atomic E-state index is 13.0. The maximum absolute atomic E-state index is 13.0. The SMILES string of the molecule is CC[C@H](Oc1ccccc1)C(=O)N[C@H](c1ccccc1)c1ccc(OC)cc1. The van der Waals surface area contributed by atoms with Crippen molar-refractivity contribution < 1.29 is 14.3 Å². The maximum Gasteiger partial charge on any atom is 0.261 e. The van der Waals surface area contributed by atoms with Crippen LogP contribution in [0.1, 0.15) is 30.5 Å². The average molecular weight is 375 g/mol. The lowest BCUT2D eigenvalue weighted by molar-refractivity contribution is -0.128. The van der Waals surface area contributed by atoms with E-state index in [0.717, 1.165) is 16.9 Å². The van der Waals surface area contributed by atoms with Crippen LogP contribution in [-0.4, -0.2) is 19.1 Å². The summed E-state index contributed by atoms with van der Waals surface area (Å²) in [5.74, 6) is 1.32. The third kappa shape index (κ3) is 4.92. The van der Waals surface area contributed by atoms with Gasteiger partial charge in [0.2, 0.25) is 0 Å². The molecular weight excluding hydrogens is 350 g/mol. The zero-order valence-corrected chi connectivity index (χ0v) is 16.2. The first-order valence-corrected chi connectivity index (χ1v) is 9.42. The summed E-state index contributed by atoms with van der Waals surface area (Å²) in [6.07, 6.45) is 0.0112. The minimum atomic E-state index is -0.563. The highest BCUT2D eigenvalue weighted by Crippen LogP contribution is 2.25. The molecule has 2 atom stereocenters. The number of hydrogen-bond acceptors (Lipinski definition) is 3. The number of rotatable bonds is 8. The molecule has 0 radical (unpaired) electrons. The van der Waals surface area contributed by atoms with E-state index in [1.165, 1.54) is 0 Å². The van der Waals surface area contributed by atoms with Crippen molar-refractivity contribution in [1.29, 1.82) is 0 Å². The van der Waals surface area contributed by atoms with E-state index in [-0.39, 0.29) is 11.9 Å². The summed E-state index contributed by atoms with van der Waals surface area (Å²) in [5, 5.41) is 3.15. The van der Waals surface area contributed by atoms with E-state index in [9.17, 15) is 4.79 Å². The van der Waals surface area contributed by atoms with Gasteiger partial charge in [0, 0.05) is 0 Å². The second-order valence-electron chi connectivity index (χ2n) is 6.45. The van der Waals surface area contributed by atoms with Crippen molar-refractivity contribution >= 4 is 5.91 Å². The van der Waals surface area contributed by atoms with Gasteiger partial charge in [-0.05, 0) is 41.8 Å². The van der Waals surface area contributed by atoms with Crippen molar-refractivity contribution in [2.24, 2.45) is 0 Å². The van der Waals surface area contributed by atoms with Gasteiger partial charge < -0.3 is 14.8 Å². The summed E-state index contributed by atoms with van der Waals surface area (Å²) in [6, 6.07) is 26.8. The summed E-state index contributed by atoms with van der Waals surface area (Å²) < 4.78 is 11.2. The lowest BCUT2D eigenvalue weighted by Crippen LogP contribution is -2.40. The highest BCUT2D eigenvalue weighted by atomic mass is 16.5. The van der Waals surface area contributed by atoms with Crippen LogP contribution in [0.5, 0.6) is 11.5 Å². The predicted molar refractivity (Wildman–Crippen MR) is 111 cm³/mol. The largest absolute Gasteiger partial charge is 0.497 e. The minimum absolute atomic E-state index is 0.143. The highest BCUT2D eigenvalue weighted by molar-refractivity contribution is 5.82. The lowest BCUT2D eigenvalue weighted by atomic mass is 9.98. The first kappa shape index (κ1) is 19.5. The van der Waals surface area contributed by atoms with Crippen molar-refractivity contribution in [3.05, 3.63) is 96.1 Å². The Bertz CT molecular complexity index is 863. The van der Waals surface area contributed by atoms with Gasteiger partial charge in [-0.15, -0.1) is 0 Å². The van der Waals surface area contributed by atoms with Crippen molar-refractivity contribution in [2.45, 2.75) is 25.5 Å². The van der Waals surface area contributed by atoms with Crippen molar-refractivity contribution in [1.82, 2.24) is 5.32 Å². The van der Waals surface area contributed by atoms with E-state index in [4.69, 9.17) is 9.47 Å². The number of carbonyl (C=O) groups is 1. The molecule has 0 aliphatic heterocycles. The predicted octanol–water partition coefficient (Wildman–Crippen LogP) is 4.76. The molecule has 0 bridgehead atoms. The molecule has 3 rings (SSSR count). The normalized spacial score (nSPS) is 12.6. The van der Waals surface area contributed by atoms with Gasteiger partial charge >= 0.3 is 0 Å². The standard InChI is InChI=1S/C24H25NO3/c1-3-22(28-21-12-8-5-9-13-21)24(26)25-23(18-10-6-4-7-11-18)19-14-16-20(27-2)17-15-19/h4-17,22-23H,3H2,1-2H3,(H,25,26)/t22-,23+/m0/s1.